The minimum Gasteiger partial charge on any atom is -0.497 e. The van der Waals surface area contributed by atoms with Crippen molar-refractivity contribution < 1.29 is 19.4 Å². The molecule has 86 valence electrons. The molecule has 16 heavy (non-hydrogen) atoms. The van der Waals surface area contributed by atoms with E-state index in [0.717, 1.165) is 0 Å². The molecule has 0 aliphatic carbocycles. The first kappa shape index (κ1) is 11.0. The summed E-state index contributed by atoms with van der Waals surface area (Å²) in [6.07, 6.45) is -1.15. The zero-order chi connectivity index (χ0) is 11.9. The van der Waals surface area contributed by atoms with Crippen LogP contribution in [0.25, 0.3) is 0 Å². The van der Waals surface area contributed by atoms with Gasteiger partial charge in [0.05, 0.1) is 12.7 Å². The fraction of sp³-hybridized carbons (Fsp3) is 0.417. The predicted molar refractivity (Wildman–Crippen MR) is 58.0 cm³/mol. The van der Waals surface area contributed by atoms with E-state index in [1.54, 1.807) is 32.0 Å². The summed E-state index contributed by atoms with van der Waals surface area (Å²) < 4.78 is 10.6. The minimum atomic E-state index is -1.15. The van der Waals surface area contributed by atoms with Crippen LogP contribution in [-0.4, -0.2) is 29.7 Å². The number of carbonyl (C=O) groups excluding carboxylic acids is 1. The lowest BCUT2D eigenvalue weighted by Crippen LogP contribution is -2.50. The lowest BCUT2D eigenvalue weighted by atomic mass is 9.90. The van der Waals surface area contributed by atoms with Gasteiger partial charge in [-0.15, -0.1) is 0 Å². The Morgan fingerprint density at radius 2 is 2.12 bits per heavy atom. The predicted octanol–water partition coefficient (Wildman–Crippen LogP) is 1.41. The molecular formula is C12H14O4. The van der Waals surface area contributed by atoms with Crippen LogP contribution in [0.15, 0.2) is 18.2 Å². The van der Waals surface area contributed by atoms with Gasteiger partial charge in [0.15, 0.2) is 11.9 Å². The Hall–Kier alpha value is -1.55. The Kier molecular flexibility index (Phi) is 2.39. The van der Waals surface area contributed by atoms with Crippen molar-refractivity contribution in [1.29, 1.82) is 0 Å². The van der Waals surface area contributed by atoms with Crippen molar-refractivity contribution in [3.8, 4) is 11.5 Å². The van der Waals surface area contributed by atoms with E-state index in [-0.39, 0.29) is 5.78 Å². The number of Topliss-reactive ketones (excluding diaryl/α,β-unsaturated/α-hetero) is 1. The van der Waals surface area contributed by atoms with Gasteiger partial charge < -0.3 is 14.6 Å². The second-order valence-corrected chi connectivity index (χ2v) is 4.33. The van der Waals surface area contributed by atoms with Crippen LogP contribution >= 0.6 is 0 Å². The van der Waals surface area contributed by atoms with Crippen LogP contribution in [-0.2, 0) is 0 Å². The first-order chi connectivity index (χ1) is 7.45. The first-order valence-corrected chi connectivity index (χ1v) is 5.05. The second kappa shape index (κ2) is 3.49. The molecule has 1 N–H and O–H groups in total. The number of hydrogen-bond donors (Lipinski definition) is 1. The van der Waals surface area contributed by atoms with E-state index in [1.165, 1.54) is 7.11 Å². The summed E-state index contributed by atoms with van der Waals surface area (Å²) in [5.74, 6) is 0.730. The molecular weight excluding hydrogens is 208 g/mol. The van der Waals surface area contributed by atoms with E-state index >= 15 is 0 Å². The molecule has 0 amide bonds. The third-order valence-corrected chi connectivity index (χ3v) is 2.73. The van der Waals surface area contributed by atoms with Gasteiger partial charge in [-0.3, -0.25) is 4.79 Å². The van der Waals surface area contributed by atoms with Gasteiger partial charge in [0.25, 0.3) is 0 Å². The highest BCUT2D eigenvalue weighted by Gasteiger charge is 2.42. The Labute approximate surface area is 93.8 Å². The number of methoxy groups -OCH3 is 1. The Morgan fingerprint density at radius 1 is 1.44 bits per heavy atom. The van der Waals surface area contributed by atoms with Gasteiger partial charge in [-0.1, -0.05) is 0 Å². The molecule has 1 atom stereocenters. The zero-order valence-electron chi connectivity index (χ0n) is 9.48. The normalized spacial score (nSPS) is 22.2. The van der Waals surface area contributed by atoms with Crippen molar-refractivity contribution in [3.63, 3.8) is 0 Å². The maximum absolute atomic E-state index is 11.9. The average molecular weight is 222 g/mol. The van der Waals surface area contributed by atoms with Crippen LogP contribution in [0.1, 0.15) is 24.2 Å². The van der Waals surface area contributed by atoms with Gasteiger partial charge in [0.2, 0.25) is 0 Å². The molecule has 1 aromatic carbocycles. The Bertz CT molecular complexity index is 437. The lowest BCUT2D eigenvalue weighted by molar-refractivity contribution is -0.0249. The van der Waals surface area contributed by atoms with Crippen LogP contribution in [0.2, 0.25) is 0 Å². The highest BCUT2D eigenvalue weighted by atomic mass is 16.5. The molecule has 0 bridgehead atoms. The van der Waals surface area contributed by atoms with Gasteiger partial charge in [-0.2, -0.15) is 0 Å². The second-order valence-electron chi connectivity index (χ2n) is 4.33. The standard InChI is InChI=1S/C12H14O4/c1-12(2)11(14)10(13)8-6-7(15-3)4-5-9(8)16-12/h4-6,11,14H,1-3H3/t11-/m1/s1. The summed E-state index contributed by atoms with van der Waals surface area (Å²) in [6.45, 7) is 3.37. The van der Waals surface area contributed by atoms with Gasteiger partial charge in [-0.05, 0) is 32.0 Å². The summed E-state index contributed by atoms with van der Waals surface area (Å²) in [7, 11) is 1.52. The summed E-state index contributed by atoms with van der Waals surface area (Å²) in [6, 6.07) is 4.98. The van der Waals surface area contributed by atoms with E-state index in [0.29, 0.717) is 17.1 Å². The van der Waals surface area contributed by atoms with Gasteiger partial charge in [0.1, 0.15) is 17.1 Å². The number of carbonyl (C=O) groups is 1. The average Bonchev–Trinajstić information content (AvgIpc) is 2.25. The molecule has 0 unspecified atom stereocenters. The topological polar surface area (TPSA) is 55.8 Å². The van der Waals surface area contributed by atoms with Crippen LogP contribution < -0.4 is 9.47 Å². The quantitative estimate of drug-likeness (QED) is 0.780. The fourth-order valence-corrected chi connectivity index (χ4v) is 1.72. The number of ketones is 1. The van der Waals surface area contributed by atoms with E-state index in [1.807, 2.05) is 0 Å². The van der Waals surface area contributed by atoms with Crippen LogP contribution in [0.5, 0.6) is 11.5 Å². The van der Waals surface area contributed by atoms with Crippen LogP contribution in [0.4, 0.5) is 0 Å². The largest absolute Gasteiger partial charge is 0.497 e. The third kappa shape index (κ3) is 1.55. The smallest absolute Gasteiger partial charge is 0.199 e. The summed E-state index contributed by atoms with van der Waals surface area (Å²) in [5.41, 5.74) is -0.523. The van der Waals surface area contributed by atoms with Crippen molar-refractivity contribution >= 4 is 5.78 Å². The van der Waals surface area contributed by atoms with Crippen molar-refractivity contribution in [3.05, 3.63) is 23.8 Å². The van der Waals surface area contributed by atoms with Crippen LogP contribution in [0, 0.1) is 0 Å². The van der Waals surface area contributed by atoms with E-state index in [2.05, 4.69) is 0 Å². The van der Waals surface area contributed by atoms with Crippen molar-refractivity contribution in [1.82, 2.24) is 0 Å². The number of aliphatic hydroxyl groups excluding tert-OH is 1. The van der Waals surface area contributed by atoms with E-state index < -0.39 is 11.7 Å². The minimum absolute atomic E-state index is 0.329. The number of ether oxygens (including phenoxy) is 2. The number of fused-ring (bicyclic) bond motifs is 1. The number of benzene rings is 1. The monoisotopic (exact) mass is 222 g/mol. The Morgan fingerprint density at radius 3 is 2.75 bits per heavy atom. The SMILES string of the molecule is COc1ccc2c(c1)C(=O)[C@@H](O)C(C)(C)O2. The fourth-order valence-electron chi connectivity index (χ4n) is 1.72. The van der Waals surface area contributed by atoms with Crippen molar-refractivity contribution in [2.24, 2.45) is 0 Å². The molecule has 0 saturated carbocycles. The first-order valence-electron chi connectivity index (χ1n) is 5.05. The summed E-state index contributed by atoms with van der Waals surface area (Å²) in [4.78, 5) is 11.9. The molecule has 0 aromatic heterocycles. The number of aliphatic hydroxyl groups is 1. The molecule has 1 aliphatic rings. The van der Waals surface area contributed by atoms with Crippen molar-refractivity contribution in [2.45, 2.75) is 25.6 Å². The molecule has 4 heteroatoms. The molecule has 0 saturated heterocycles. The summed E-state index contributed by atoms with van der Waals surface area (Å²) in [5, 5.41) is 9.80. The zero-order valence-corrected chi connectivity index (χ0v) is 9.48. The third-order valence-electron chi connectivity index (χ3n) is 2.73. The highest BCUT2D eigenvalue weighted by molar-refractivity contribution is 6.03. The van der Waals surface area contributed by atoms with Crippen molar-refractivity contribution in [2.75, 3.05) is 7.11 Å². The van der Waals surface area contributed by atoms with Gasteiger partial charge in [-0.25, -0.2) is 0 Å². The molecule has 0 fully saturated rings. The van der Waals surface area contributed by atoms with Crippen LogP contribution in [0.3, 0.4) is 0 Å². The number of hydrogen-bond acceptors (Lipinski definition) is 4. The van der Waals surface area contributed by atoms with E-state index in [4.69, 9.17) is 9.47 Å². The molecule has 1 aromatic rings. The van der Waals surface area contributed by atoms with Gasteiger partial charge >= 0.3 is 0 Å². The van der Waals surface area contributed by atoms with E-state index in [9.17, 15) is 9.90 Å². The van der Waals surface area contributed by atoms with Gasteiger partial charge in [0, 0.05) is 0 Å². The summed E-state index contributed by atoms with van der Waals surface area (Å²) >= 11 is 0. The maximum Gasteiger partial charge on any atom is 0.199 e. The maximum atomic E-state index is 11.9. The number of rotatable bonds is 1. The molecule has 2 rings (SSSR count). The lowest BCUT2D eigenvalue weighted by Gasteiger charge is -2.35. The molecule has 4 nitrogen and oxygen atoms in total. The highest BCUT2D eigenvalue weighted by Crippen LogP contribution is 2.35. The molecule has 0 spiro atoms. The Balaban J connectivity index is 2.51. The molecule has 1 aliphatic heterocycles. The molecule has 1 heterocycles. The molecule has 0 radical (unpaired) electrons.